The summed E-state index contributed by atoms with van der Waals surface area (Å²) in [6, 6.07) is -0.688. The second kappa shape index (κ2) is 7.44. The minimum atomic E-state index is -3.64. The second-order valence-electron chi connectivity index (χ2n) is 5.34. The van der Waals surface area contributed by atoms with Gasteiger partial charge in [-0.05, 0) is 27.2 Å². The Kier molecular flexibility index (Phi) is 6.94. The number of alkyl carbamates (subject to hydrolysis) is 1. The van der Waals surface area contributed by atoms with Gasteiger partial charge >= 0.3 is 6.09 Å². The van der Waals surface area contributed by atoms with Crippen LogP contribution in [0.15, 0.2) is 0 Å². The Bertz CT molecular complexity index is 440. The highest BCUT2D eigenvalue weighted by molar-refractivity contribution is 7.85. The van der Waals surface area contributed by atoms with Crippen LogP contribution < -0.4 is 11.1 Å². The number of primary amides is 1. The third-order valence-corrected chi connectivity index (χ3v) is 2.51. The maximum atomic E-state index is 11.6. The molecule has 0 aromatic carbocycles. The number of rotatable bonds is 7. The van der Waals surface area contributed by atoms with Gasteiger partial charge in [0.2, 0.25) is 5.91 Å². The van der Waals surface area contributed by atoms with Gasteiger partial charge in [0.25, 0.3) is 10.1 Å². The van der Waals surface area contributed by atoms with Crippen LogP contribution in [0.4, 0.5) is 4.79 Å². The molecule has 0 heterocycles. The zero-order valence-electron chi connectivity index (χ0n) is 12.1. The van der Waals surface area contributed by atoms with Gasteiger partial charge in [-0.15, -0.1) is 0 Å². The molecular formula is C11H22N2O6S. The first kappa shape index (κ1) is 18.7. The molecule has 20 heavy (non-hydrogen) atoms. The van der Waals surface area contributed by atoms with Gasteiger partial charge in [0, 0.05) is 6.42 Å². The summed E-state index contributed by atoms with van der Waals surface area (Å²) in [5.74, 6) is -0.555. The number of nitrogens with one attached hydrogen (secondary N) is 1. The normalized spacial score (nSPS) is 13.6. The lowest BCUT2D eigenvalue weighted by atomic mass is 10.1. The number of carbonyl (C=O) groups excluding carboxylic acids is 2. The Morgan fingerprint density at radius 1 is 1.30 bits per heavy atom. The molecule has 0 fully saturated rings. The van der Waals surface area contributed by atoms with E-state index in [1.807, 2.05) is 0 Å². The fourth-order valence-corrected chi connectivity index (χ4v) is 1.61. The monoisotopic (exact) mass is 310 g/mol. The molecule has 8 nitrogen and oxygen atoms in total. The van der Waals surface area contributed by atoms with Gasteiger partial charge < -0.3 is 15.8 Å². The molecular weight excluding hydrogens is 288 g/mol. The predicted molar refractivity (Wildman–Crippen MR) is 72.4 cm³/mol. The van der Waals surface area contributed by atoms with Crippen LogP contribution in [0.5, 0.6) is 0 Å². The van der Waals surface area contributed by atoms with Crippen molar-refractivity contribution in [3.05, 3.63) is 0 Å². The van der Waals surface area contributed by atoms with E-state index >= 15 is 0 Å². The smallest absolute Gasteiger partial charge is 0.407 e. The van der Waals surface area contributed by atoms with Crippen LogP contribution in [-0.2, 0) is 23.8 Å². The van der Waals surface area contributed by atoms with E-state index in [-0.39, 0.29) is 19.4 Å². The fraction of sp³-hybridized carbons (Fsp3) is 0.818. The molecule has 0 radical (unpaired) electrons. The SMILES string of the molecule is CC(C)(C)OC(=O)NC(CCC(N)=O)COS(C)(=O)=O. The number of amides is 2. The number of hydrogen-bond donors (Lipinski definition) is 2. The van der Waals surface area contributed by atoms with Crippen molar-refractivity contribution in [3.63, 3.8) is 0 Å². The van der Waals surface area contributed by atoms with Crippen LogP contribution in [0.2, 0.25) is 0 Å². The minimum absolute atomic E-state index is 0.00636. The summed E-state index contributed by atoms with van der Waals surface area (Å²) < 4.78 is 31.5. The lowest BCUT2D eigenvalue weighted by molar-refractivity contribution is -0.118. The van der Waals surface area contributed by atoms with Crippen LogP contribution in [0.3, 0.4) is 0 Å². The van der Waals surface area contributed by atoms with E-state index in [4.69, 9.17) is 10.5 Å². The molecule has 1 unspecified atom stereocenters. The average Bonchev–Trinajstić information content (AvgIpc) is 2.17. The molecule has 2 amide bonds. The number of ether oxygens (including phenoxy) is 1. The topological polar surface area (TPSA) is 125 Å². The molecule has 0 bridgehead atoms. The summed E-state index contributed by atoms with van der Waals surface area (Å²) >= 11 is 0. The van der Waals surface area contributed by atoms with E-state index in [2.05, 4.69) is 9.50 Å². The van der Waals surface area contributed by atoms with Crippen LogP contribution >= 0.6 is 0 Å². The molecule has 0 spiro atoms. The van der Waals surface area contributed by atoms with Crippen molar-refractivity contribution in [3.8, 4) is 0 Å². The van der Waals surface area contributed by atoms with E-state index in [1.165, 1.54) is 0 Å². The first-order valence-corrected chi connectivity index (χ1v) is 7.83. The first-order chi connectivity index (χ1) is 8.89. The zero-order valence-corrected chi connectivity index (χ0v) is 13.0. The molecule has 0 rings (SSSR count). The Balaban J connectivity index is 4.51. The molecule has 0 saturated heterocycles. The molecule has 3 N–H and O–H groups in total. The van der Waals surface area contributed by atoms with Crippen molar-refractivity contribution < 1.29 is 26.9 Å². The van der Waals surface area contributed by atoms with Gasteiger partial charge in [-0.2, -0.15) is 8.42 Å². The molecule has 0 aliphatic carbocycles. The van der Waals surface area contributed by atoms with E-state index in [9.17, 15) is 18.0 Å². The maximum absolute atomic E-state index is 11.6. The summed E-state index contributed by atoms with van der Waals surface area (Å²) in [5.41, 5.74) is 4.33. The Labute approximate surface area is 119 Å². The van der Waals surface area contributed by atoms with E-state index < -0.39 is 33.8 Å². The molecule has 0 saturated carbocycles. The third-order valence-electron chi connectivity index (χ3n) is 1.94. The van der Waals surface area contributed by atoms with Crippen LogP contribution in [-0.4, -0.2) is 44.9 Å². The Hall–Kier alpha value is -1.35. The van der Waals surface area contributed by atoms with Crippen LogP contribution in [0.1, 0.15) is 33.6 Å². The van der Waals surface area contributed by atoms with Crippen molar-refractivity contribution in [2.24, 2.45) is 5.73 Å². The van der Waals surface area contributed by atoms with Gasteiger partial charge in [0.15, 0.2) is 0 Å². The average molecular weight is 310 g/mol. The lowest BCUT2D eigenvalue weighted by Gasteiger charge is -2.23. The molecule has 1 atom stereocenters. The van der Waals surface area contributed by atoms with E-state index in [0.29, 0.717) is 0 Å². The maximum Gasteiger partial charge on any atom is 0.407 e. The van der Waals surface area contributed by atoms with Gasteiger partial charge in [-0.3, -0.25) is 8.98 Å². The van der Waals surface area contributed by atoms with Crippen molar-refractivity contribution >= 4 is 22.1 Å². The van der Waals surface area contributed by atoms with Crippen molar-refractivity contribution in [1.29, 1.82) is 0 Å². The molecule has 9 heteroatoms. The van der Waals surface area contributed by atoms with Gasteiger partial charge in [-0.1, -0.05) is 0 Å². The summed E-state index contributed by atoms with van der Waals surface area (Å²) in [6.07, 6.45) is 0.326. The molecule has 118 valence electrons. The minimum Gasteiger partial charge on any atom is -0.444 e. The first-order valence-electron chi connectivity index (χ1n) is 6.01. The highest BCUT2D eigenvalue weighted by Gasteiger charge is 2.21. The summed E-state index contributed by atoms with van der Waals surface area (Å²) in [6.45, 7) is 4.79. The molecule has 0 aliphatic heterocycles. The van der Waals surface area contributed by atoms with Crippen molar-refractivity contribution in [1.82, 2.24) is 5.32 Å². The number of nitrogens with two attached hydrogens (primary N) is 1. The second-order valence-corrected chi connectivity index (χ2v) is 6.98. The standard InChI is InChI=1S/C11H22N2O6S/c1-11(2,3)19-10(15)13-8(5-6-9(12)14)7-18-20(4,16)17/h8H,5-7H2,1-4H3,(H2,12,14)(H,13,15). The summed E-state index contributed by atoms with van der Waals surface area (Å²) in [5, 5.41) is 2.44. The number of carbonyl (C=O) groups is 2. The highest BCUT2D eigenvalue weighted by atomic mass is 32.2. The summed E-state index contributed by atoms with van der Waals surface area (Å²) in [4.78, 5) is 22.3. The Morgan fingerprint density at radius 3 is 2.25 bits per heavy atom. The van der Waals surface area contributed by atoms with Gasteiger partial charge in [0.05, 0.1) is 18.9 Å². The highest BCUT2D eigenvalue weighted by Crippen LogP contribution is 2.08. The van der Waals surface area contributed by atoms with Crippen molar-refractivity contribution in [2.75, 3.05) is 12.9 Å². The van der Waals surface area contributed by atoms with Gasteiger partial charge in [0.1, 0.15) is 5.60 Å². The largest absolute Gasteiger partial charge is 0.444 e. The predicted octanol–water partition coefficient (Wildman–Crippen LogP) is 0.121. The van der Waals surface area contributed by atoms with Gasteiger partial charge in [-0.25, -0.2) is 4.79 Å². The molecule has 0 aromatic heterocycles. The quantitative estimate of drug-likeness (QED) is 0.643. The Morgan fingerprint density at radius 2 is 1.85 bits per heavy atom. The van der Waals surface area contributed by atoms with Crippen molar-refractivity contribution in [2.45, 2.75) is 45.3 Å². The lowest BCUT2D eigenvalue weighted by Crippen LogP contribution is -2.42. The summed E-state index contributed by atoms with van der Waals surface area (Å²) in [7, 11) is -3.64. The number of hydrogen-bond acceptors (Lipinski definition) is 6. The van der Waals surface area contributed by atoms with E-state index in [1.54, 1.807) is 20.8 Å². The van der Waals surface area contributed by atoms with E-state index in [0.717, 1.165) is 6.26 Å². The fourth-order valence-electron chi connectivity index (χ4n) is 1.19. The zero-order chi connectivity index (χ0) is 16.0. The third kappa shape index (κ3) is 11.7. The molecule has 0 aromatic rings. The van der Waals surface area contributed by atoms with Crippen LogP contribution in [0, 0.1) is 0 Å². The van der Waals surface area contributed by atoms with Crippen LogP contribution in [0.25, 0.3) is 0 Å². The molecule has 0 aliphatic rings.